The summed E-state index contributed by atoms with van der Waals surface area (Å²) < 4.78 is 5.90. The Hall–Kier alpha value is -3.44. The second-order valence-electron chi connectivity index (χ2n) is 5.74. The summed E-state index contributed by atoms with van der Waals surface area (Å²) in [5.41, 5.74) is 1.61. The van der Waals surface area contributed by atoms with Gasteiger partial charge in [0.15, 0.2) is 0 Å². The van der Waals surface area contributed by atoms with Crippen molar-refractivity contribution in [3.63, 3.8) is 0 Å². The van der Waals surface area contributed by atoms with Gasteiger partial charge >= 0.3 is 0 Å². The summed E-state index contributed by atoms with van der Waals surface area (Å²) >= 11 is 6.21. The molecule has 132 valence electrons. The number of pyridine rings is 1. The van der Waals surface area contributed by atoms with Gasteiger partial charge in [-0.2, -0.15) is 0 Å². The maximum absolute atomic E-state index is 12.8. The van der Waals surface area contributed by atoms with E-state index in [4.69, 9.17) is 16.0 Å². The van der Waals surface area contributed by atoms with Crippen LogP contribution in [0.4, 0.5) is 11.5 Å². The molecule has 1 amide bonds. The summed E-state index contributed by atoms with van der Waals surface area (Å²) in [6.45, 7) is 0. The molecule has 0 saturated heterocycles. The third-order valence-electron chi connectivity index (χ3n) is 3.88. The molecule has 4 rings (SSSR count). The summed E-state index contributed by atoms with van der Waals surface area (Å²) in [4.78, 5) is 21.4. The van der Waals surface area contributed by atoms with Gasteiger partial charge in [0.2, 0.25) is 5.55 Å². The van der Waals surface area contributed by atoms with Gasteiger partial charge in [-0.05, 0) is 36.4 Å². The number of aromatic nitrogens is 1. The molecule has 6 heteroatoms. The van der Waals surface area contributed by atoms with E-state index in [1.54, 1.807) is 42.6 Å². The molecule has 0 fully saturated rings. The minimum absolute atomic E-state index is 0.176. The quantitative estimate of drug-likeness (QED) is 0.550. The number of amides is 1. The number of para-hydroxylation sites is 2. The van der Waals surface area contributed by atoms with Crippen molar-refractivity contribution in [1.82, 2.24) is 4.98 Å². The van der Waals surface area contributed by atoms with Crippen LogP contribution >= 0.6 is 11.6 Å². The van der Waals surface area contributed by atoms with Crippen molar-refractivity contribution in [2.75, 3.05) is 5.32 Å². The van der Waals surface area contributed by atoms with Gasteiger partial charge in [-0.3, -0.25) is 4.79 Å². The Morgan fingerprint density at radius 1 is 1.00 bits per heavy atom. The summed E-state index contributed by atoms with van der Waals surface area (Å²) in [5, 5.41) is 4.02. The molecule has 0 aliphatic carbocycles. The van der Waals surface area contributed by atoms with Crippen molar-refractivity contribution >= 4 is 40.0 Å². The summed E-state index contributed by atoms with van der Waals surface area (Å²) in [6, 6.07) is 21.6. The number of carbonyl (C=O) groups excluding carboxylic acids is 1. The van der Waals surface area contributed by atoms with E-state index < -0.39 is 0 Å². The molecule has 4 aromatic rings. The molecule has 2 heterocycles. The number of carbonyl (C=O) groups is 1. The lowest BCUT2D eigenvalue weighted by molar-refractivity contribution is 0.102. The number of nitrogens with one attached hydrogen (secondary N) is 1. The van der Waals surface area contributed by atoms with Gasteiger partial charge < -0.3 is 9.73 Å². The predicted octanol–water partition coefficient (Wildman–Crippen LogP) is 4.97. The first kappa shape index (κ1) is 17.0. The molecule has 2 aromatic heterocycles. The van der Waals surface area contributed by atoms with Crippen molar-refractivity contribution in [1.29, 1.82) is 0 Å². The molecule has 0 saturated carbocycles. The molecule has 1 N–H and O–H groups in total. The number of hydrogen-bond acceptors (Lipinski definition) is 4. The highest BCUT2D eigenvalue weighted by Crippen LogP contribution is 2.23. The molecule has 0 spiro atoms. The van der Waals surface area contributed by atoms with E-state index in [0.29, 0.717) is 27.7 Å². The average Bonchev–Trinajstić information content (AvgIpc) is 2.70. The van der Waals surface area contributed by atoms with Gasteiger partial charge in [-0.1, -0.05) is 48.0 Å². The Kier molecular flexibility index (Phi) is 4.68. The predicted molar refractivity (Wildman–Crippen MR) is 105 cm³/mol. The zero-order valence-electron chi connectivity index (χ0n) is 14.1. The van der Waals surface area contributed by atoms with Gasteiger partial charge in [0.1, 0.15) is 17.0 Å². The highest BCUT2D eigenvalue weighted by atomic mass is 35.5. The Morgan fingerprint density at radius 2 is 1.78 bits per heavy atom. The minimum Gasteiger partial charge on any atom is -0.438 e. The zero-order valence-corrected chi connectivity index (χ0v) is 14.9. The van der Waals surface area contributed by atoms with Gasteiger partial charge in [0, 0.05) is 11.6 Å². The maximum Gasteiger partial charge on any atom is 0.262 e. The van der Waals surface area contributed by atoms with E-state index in [1.165, 1.54) is 0 Å². The van der Waals surface area contributed by atoms with Gasteiger partial charge in [0.05, 0.1) is 10.7 Å². The lowest BCUT2D eigenvalue weighted by Crippen LogP contribution is -2.22. The second kappa shape index (κ2) is 7.43. The first-order chi connectivity index (χ1) is 13.2. The zero-order chi connectivity index (χ0) is 18.6. The Bertz CT molecular complexity index is 1190. The second-order valence-corrected chi connectivity index (χ2v) is 6.14. The van der Waals surface area contributed by atoms with E-state index in [-0.39, 0.29) is 11.5 Å². The van der Waals surface area contributed by atoms with Gasteiger partial charge in [-0.25, -0.2) is 9.98 Å². The fourth-order valence-corrected chi connectivity index (χ4v) is 2.76. The summed E-state index contributed by atoms with van der Waals surface area (Å²) in [5.74, 6) is 0.0772. The summed E-state index contributed by atoms with van der Waals surface area (Å²) in [6.07, 6.45) is 1.61. The van der Waals surface area contributed by atoms with Gasteiger partial charge in [-0.15, -0.1) is 0 Å². The van der Waals surface area contributed by atoms with Crippen LogP contribution in [0.2, 0.25) is 5.02 Å². The Labute approximate surface area is 160 Å². The smallest absolute Gasteiger partial charge is 0.262 e. The van der Waals surface area contributed by atoms with Crippen molar-refractivity contribution in [2.24, 2.45) is 4.99 Å². The van der Waals surface area contributed by atoms with E-state index in [9.17, 15) is 4.79 Å². The largest absolute Gasteiger partial charge is 0.438 e. The van der Waals surface area contributed by atoms with Gasteiger partial charge in [0.25, 0.3) is 5.91 Å². The van der Waals surface area contributed by atoms with Crippen LogP contribution in [-0.2, 0) is 0 Å². The van der Waals surface area contributed by atoms with Crippen LogP contribution < -0.4 is 10.9 Å². The van der Waals surface area contributed by atoms with Crippen LogP contribution in [-0.4, -0.2) is 10.9 Å². The normalized spacial score (nSPS) is 11.5. The third-order valence-corrected chi connectivity index (χ3v) is 4.20. The minimum atomic E-state index is -0.367. The van der Waals surface area contributed by atoms with Crippen LogP contribution in [0.25, 0.3) is 11.0 Å². The van der Waals surface area contributed by atoms with Crippen molar-refractivity contribution in [3.8, 4) is 0 Å². The molecule has 0 aliphatic rings. The fraction of sp³-hybridized carbons (Fsp3) is 0. The molecule has 0 unspecified atom stereocenters. The molecule has 2 aromatic carbocycles. The monoisotopic (exact) mass is 375 g/mol. The van der Waals surface area contributed by atoms with Crippen LogP contribution in [0.5, 0.6) is 0 Å². The van der Waals surface area contributed by atoms with Crippen LogP contribution in [0.3, 0.4) is 0 Å². The highest BCUT2D eigenvalue weighted by molar-refractivity contribution is 6.32. The van der Waals surface area contributed by atoms with Crippen molar-refractivity contribution < 1.29 is 9.21 Å². The number of benzene rings is 2. The van der Waals surface area contributed by atoms with Crippen molar-refractivity contribution in [2.45, 2.75) is 0 Å². The molecular weight excluding hydrogens is 362 g/mol. The molecular formula is C21H14ClN3O2. The molecule has 5 nitrogen and oxygen atoms in total. The number of rotatable bonds is 3. The first-order valence-corrected chi connectivity index (χ1v) is 8.63. The van der Waals surface area contributed by atoms with Crippen LogP contribution in [0, 0.1) is 0 Å². The van der Waals surface area contributed by atoms with E-state index >= 15 is 0 Å². The Morgan fingerprint density at radius 3 is 2.59 bits per heavy atom. The average molecular weight is 376 g/mol. The first-order valence-electron chi connectivity index (χ1n) is 8.25. The lowest BCUT2D eigenvalue weighted by Gasteiger charge is -2.06. The number of nitrogens with zero attached hydrogens (tertiary/aromatic N) is 2. The fourth-order valence-electron chi connectivity index (χ4n) is 2.59. The molecule has 0 atom stereocenters. The summed E-state index contributed by atoms with van der Waals surface area (Å²) in [7, 11) is 0. The topological polar surface area (TPSA) is 67.5 Å². The maximum atomic E-state index is 12.8. The van der Waals surface area contributed by atoms with E-state index in [2.05, 4.69) is 15.3 Å². The van der Waals surface area contributed by atoms with Crippen molar-refractivity contribution in [3.05, 3.63) is 95.1 Å². The SMILES string of the molecule is O=C(Nc1ccccn1)c1cc2ccccc2oc1=Nc1ccccc1Cl. The highest BCUT2D eigenvalue weighted by Gasteiger charge is 2.14. The lowest BCUT2D eigenvalue weighted by atomic mass is 10.1. The number of fused-ring (bicyclic) bond motifs is 1. The Balaban J connectivity index is 1.87. The molecule has 0 radical (unpaired) electrons. The van der Waals surface area contributed by atoms with Crippen LogP contribution in [0.15, 0.2) is 88.4 Å². The van der Waals surface area contributed by atoms with E-state index in [1.807, 2.05) is 36.4 Å². The van der Waals surface area contributed by atoms with E-state index in [0.717, 1.165) is 5.39 Å². The standard InChI is InChI=1S/C21H14ClN3O2/c22-16-8-2-3-9-17(16)24-21-15(13-14-7-1-4-10-18(14)27-21)20(26)25-19-11-5-6-12-23-19/h1-13H,(H,23,25,26). The molecule has 0 bridgehead atoms. The number of hydrogen-bond donors (Lipinski definition) is 1. The molecule has 27 heavy (non-hydrogen) atoms. The number of anilines is 1. The number of halogens is 1. The molecule has 0 aliphatic heterocycles. The third kappa shape index (κ3) is 3.73. The van der Waals surface area contributed by atoms with Crippen LogP contribution in [0.1, 0.15) is 10.4 Å².